The van der Waals surface area contributed by atoms with Gasteiger partial charge in [0.1, 0.15) is 19.0 Å². The van der Waals surface area contributed by atoms with Gasteiger partial charge in [0, 0.05) is 0 Å². The van der Waals surface area contributed by atoms with Gasteiger partial charge < -0.3 is 14.6 Å². The van der Waals surface area contributed by atoms with E-state index in [2.05, 4.69) is 19.6 Å². The zero-order chi connectivity index (χ0) is 13.2. The van der Waals surface area contributed by atoms with Crippen molar-refractivity contribution in [3.05, 3.63) is 30.3 Å². The maximum Gasteiger partial charge on any atom is 0.553 e. The summed E-state index contributed by atoms with van der Waals surface area (Å²) in [5.41, 5.74) is 0. The van der Waals surface area contributed by atoms with E-state index in [1.165, 1.54) is 0 Å². The summed E-state index contributed by atoms with van der Waals surface area (Å²) in [6, 6.07) is 8.95. The van der Waals surface area contributed by atoms with E-state index in [1.54, 1.807) is 24.3 Å². The molecule has 0 amide bonds. The molecule has 18 heavy (non-hydrogen) atoms. The molecular weight excluding hydrogens is 248 g/mol. The van der Waals surface area contributed by atoms with Crippen molar-refractivity contribution in [1.29, 1.82) is 0 Å². The third-order valence-corrected chi connectivity index (χ3v) is 1.50. The smallest absolute Gasteiger partial charge is 0.491 e. The van der Waals surface area contributed by atoms with Crippen LogP contribution in [-0.4, -0.2) is 30.6 Å². The number of para-hydroxylation sites is 1. The highest BCUT2D eigenvalue weighted by Gasteiger charge is 2.11. The third-order valence-electron chi connectivity index (χ3n) is 1.50. The van der Waals surface area contributed by atoms with Gasteiger partial charge in [0.15, 0.2) is 0 Å². The van der Waals surface area contributed by atoms with Gasteiger partial charge in [0.2, 0.25) is 0 Å². The number of hydrogen-bond acceptors (Lipinski definition) is 7. The van der Waals surface area contributed by atoms with Crippen LogP contribution in [0.5, 0.6) is 5.75 Å². The van der Waals surface area contributed by atoms with Gasteiger partial charge in [-0.05, 0) is 17.2 Å². The Labute approximate surface area is 101 Å². The monoisotopic (exact) mass is 258 g/mol. The predicted molar refractivity (Wildman–Crippen MR) is 54.6 cm³/mol. The molecule has 1 aromatic carbocycles. The van der Waals surface area contributed by atoms with Crippen LogP contribution in [0.3, 0.4) is 0 Å². The van der Waals surface area contributed by atoms with E-state index in [0.29, 0.717) is 5.75 Å². The van der Waals surface area contributed by atoms with Gasteiger partial charge in [-0.25, -0.2) is 9.68 Å². The van der Waals surface area contributed by atoms with Gasteiger partial charge >= 0.3 is 12.3 Å². The van der Waals surface area contributed by atoms with E-state index in [4.69, 9.17) is 9.84 Å². The van der Waals surface area contributed by atoms with Crippen LogP contribution in [-0.2, 0) is 19.6 Å². The molecule has 0 saturated heterocycles. The summed E-state index contributed by atoms with van der Waals surface area (Å²) < 4.78 is 8.75. The number of carbonyl (C=O) groups excluding carboxylic acids is 1. The molecule has 0 unspecified atom stereocenters. The fourth-order valence-electron chi connectivity index (χ4n) is 0.884. The lowest BCUT2D eigenvalue weighted by Gasteiger charge is -2.04. The molecule has 0 fully saturated rings. The van der Waals surface area contributed by atoms with Crippen LogP contribution >= 0.6 is 0 Å². The lowest BCUT2D eigenvalue weighted by molar-refractivity contribution is -0.485. The molecule has 0 aliphatic rings. The van der Waals surface area contributed by atoms with Gasteiger partial charge in [-0.2, -0.15) is 9.68 Å². The number of carbonyl (C=O) groups is 2. The average molecular weight is 258 g/mol. The van der Waals surface area contributed by atoms with Crippen molar-refractivity contribution in [2.24, 2.45) is 0 Å². The molecule has 0 aliphatic carbocycles. The summed E-state index contributed by atoms with van der Waals surface area (Å²) >= 11 is 0. The first-order chi connectivity index (χ1) is 8.68. The van der Waals surface area contributed by atoms with Crippen molar-refractivity contribution >= 4 is 12.3 Å². The Morgan fingerprint density at radius 3 is 2.50 bits per heavy atom. The van der Waals surface area contributed by atoms with Crippen LogP contribution in [0, 0.1) is 0 Å². The molecule has 0 atom stereocenters. The van der Waals surface area contributed by atoms with Gasteiger partial charge in [-0.1, -0.05) is 18.2 Å². The van der Waals surface area contributed by atoms with E-state index in [9.17, 15) is 9.59 Å². The Morgan fingerprint density at radius 2 is 1.83 bits per heavy atom. The number of benzene rings is 1. The van der Waals surface area contributed by atoms with Crippen molar-refractivity contribution in [2.75, 3.05) is 13.2 Å². The number of rotatable bonds is 6. The van der Waals surface area contributed by atoms with Gasteiger partial charge in [0.05, 0.1) is 0 Å². The van der Waals surface area contributed by atoms with Crippen molar-refractivity contribution in [1.82, 2.24) is 0 Å². The second kappa shape index (κ2) is 7.87. The molecule has 0 spiro atoms. The van der Waals surface area contributed by atoms with Crippen LogP contribution in [0.25, 0.3) is 0 Å². The quantitative estimate of drug-likeness (QED) is 0.271. The van der Waals surface area contributed by atoms with Gasteiger partial charge in [0.25, 0.3) is 0 Å². The minimum Gasteiger partial charge on any atom is -0.491 e. The Hall–Kier alpha value is -2.32. The van der Waals surface area contributed by atoms with Gasteiger partial charge in [-0.15, -0.1) is 0 Å². The highest BCUT2D eigenvalue weighted by molar-refractivity contribution is 5.75. The van der Waals surface area contributed by atoms with Crippen molar-refractivity contribution < 1.29 is 39.0 Å². The molecule has 1 N–H and O–H groups in total. The average Bonchev–Trinajstić information content (AvgIpc) is 2.34. The minimum atomic E-state index is -1.81. The van der Waals surface area contributed by atoms with E-state index in [0.717, 1.165) is 0 Å². The topological polar surface area (TPSA) is 101 Å². The van der Waals surface area contributed by atoms with Crippen LogP contribution in [0.1, 0.15) is 0 Å². The Kier molecular flexibility index (Phi) is 6.01. The summed E-state index contributed by atoms with van der Waals surface area (Å²) in [4.78, 5) is 28.5. The Morgan fingerprint density at radius 1 is 1.11 bits per heavy atom. The minimum absolute atomic E-state index is 0.0325. The molecule has 0 aliphatic heterocycles. The van der Waals surface area contributed by atoms with E-state index >= 15 is 0 Å². The van der Waals surface area contributed by atoms with Crippen molar-refractivity contribution in [3.63, 3.8) is 0 Å². The highest BCUT2D eigenvalue weighted by atomic mass is 17.5. The summed E-state index contributed by atoms with van der Waals surface area (Å²) in [6.07, 6.45) is -3.36. The standard InChI is InChI=1S/C10H10O8/c11-9(12)16-10(13)17-18-15-7-6-14-8-4-2-1-3-5-8/h1-5H,6-7H2,(H,11,12). The number of hydrogen-bond donors (Lipinski definition) is 1. The molecule has 0 heterocycles. The zero-order valence-corrected chi connectivity index (χ0v) is 9.11. The first-order valence-electron chi connectivity index (χ1n) is 4.77. The molecule has 98 valence electrons. The molecule has 8 nitrogen and oxygen atoms in total. The second-order valence-electron chi connectivity index (χ2n) is 2.75. The number of ether oxygens (including phenoxy) is 2. The predicted octanol–water partition coefficient (Wildman–Crippen LogP) is 1.76. The zero-order valence-electron chi connectivity index (χ0n) is 9.11. The summed E-state index contributed by atoms with van der Waals surface area (Å²) in [5.74, 6) is 0.646. The summed E-state index contributed by atoms with van der Waals surface area (Å²) in [7, 11) is 0. The second-order valence-corrected chi connectivity index (χ2v) is 2.75. The van der Waals surface area contributed by atoms with E-state index in [-0.39, 0.29) is 13.2 Å². The van der Waals surface area contributed by atoms with Crippen LogP contribution in [0.15, 0.2) is 30.3 Å². The summed E-state index contributed by atoms with van der Waals surface area (Å²) in [5, 5.41) is 11.9. The lowest BCUT2D eigenvalue weighted by atomic mass is 10.3. The first-order valence-corrected chi connectivity index (χ1v) is 4.77. The van der Waals surface area contributed by atoms with E-state index < -0.39 is 12.3 Å². The molecule has 0 saturated carbocycles. The molecule has 0 radical (unpaired) electrons. The third kappa shape index (κ3) is 6.30. The normalized spacial score (nSPS) is 9.56. The highest BCUT2D eigenvalue weighted by Crippen LogP contribution is 2.07. The van der Waals surface area contributed by atoms with Crippen LogP contribution in [0.2, 0.25) is 0 Å². The molecular formula is C10H10O8. The van der Waals surface area contributed by atoms with Crippen molar-refractivity contribution in [3.8, 4) is 5.75 Å². The SMILES string of the molecule is O=C(O)OC(=O)OOOCCOc1ccccc1. The summed E-state index contributed by atoms with van der Waals surface area (Å²) in [6.45, 7) is 0.122. The van der Waals surface area contributed by atoms with Crippen molar-refractivity contribution in [2.45, 2.75) is 0 Å². The maximum atomic E-state index is 10.4. The fourth-order valence-corrected chi connectivity index (χ4v) is 0.884. The Balaban J connectivity index is 1.99. The lowest BCUT2D eigenvalue weighted by Crippen LogP contribution is -2.14. The molecule has 1 aromatic rings. The molecule has 0 bridgehead atoms. The first kappa shape index (κ1) is 13.7. The molecule has 8 heteroatoms. The maximum absolute atomic E-state index is 10.4. The van der Waals surface area contributed by atoms with Crippen LogP contribution < -0.4 is 4.74 Å². The molecule has 0 aromatic heterocycles. The number of carboxylic acid groups (broad SMARTS) is 1. The molecule has 1 rings (SSSR count). The van der Waals surface area contributed by atoms with Crippen LogP contribution in [0.4, 0.5) is 9.59 Å². The largest absolute Gasteiger partial charge is 0.553 e. The fraction of sp³-hybridized carbons (Fsp3) is 0.200. The van der Waals surface area contributed by atoms with Gasteiger partial charge in [-0.3, -0.25) is 0 Å². The van der Waals surface area contributed by atoms with E-state index in [1.807, 2.05) is 6.07 Å². The Bertz CT molecular complexity index is 377.